The van der Waals surface area contributed by atoms with Crippen LogP contribution >= 0.6 is 27.5 Å². The fourth-order valence-electron chi connectivity index (χ4n) is 2.00. The molecule has 1 unspecified atom stereocenters. The van der Waals surface area contributed by atoms with Crippen LogP contribution in [0.15, 0.2) is 46.9 Å². The van der Waals surface area contributed by atoms with E-state index in [1.54, 1.807) is 12.1 Å². The molecular weight excluding hydrogens is 329 g/mol. The summed E-state index contributed by atoms with van der Waals surface area (Å²) in [5.74, 6) is -0.290. The molecule has 0 aliphatic carbocycles. The maximum Gasteiger partial charge on any atom is 0.129 e. The summed E-state index contributed by atoms with van der Waals surface area (Å²) in [4.78, 5) is 0. The monoisotopic (exact) mass is 341 g/mol. The van der Waals surface area contributed by atoms with Gasteiger partial charge in [-0.25, -0.2) is 4.39 Å². The van der Waals surface area contributed by atoms with E-state index in [2.05, 4.69) is 21.2 Å². The fourth-order valence-corrected chi connectivity index (χ4v) is 2.43. The fraction of sp³-hybridized carbons (Fsp3) is 0.200. The van der Waals surface area contributed by atoms with Crippen LogP contribution in [0.1, 0.15) is 24.1 Å². The van der Waals surface area contributed by atoms with E-state index < -0.39 is 0 Å². The molecule has 1 N–H and O–H groups in total. The van der Waals surface area contributed by atoms with E-state index in [9.17, 15) is 4.39 Å². The minimum absolute atomic E-state index is 0.171. The van der Waals surface area contributed by atoms with Crippen molar-refractivity contribution in [2.45, 2.75) is 13.0 Å². The van der Waals surface area contributed by atoms with Gasteiger partial charge in [-0.2, -0.15) is 0 Å². The molecule has 4 heteroatoms. The summed E-state index contributed by atoms with van der Waals surface area (Å²) in [6.45, 7) is 2.75. The Kier molecular flexibility index (Phi) is 4.97. The van der Waals surface area contributed by atoms with Crippen LogP contribution in [0.5, 0.6) is 0 Å². The van der Waals surface area contributed by atoms with Crippen LogP contribution in [0.4, 0.5) is 4.39 Å². The molecule has 0 saturated heterocycles. The first kappa shape index (κ1) is 14.5. The van der Waals surface area contributed by atoms with E-state index in [-0.39, 0.29) is 11.9 Å². The van der Waals surface area contributed by atoms with Crippen LogP contribution in [-0.2, 0) is 0 Å². The molecule has 19 heavy (non-hydrogen) atoms. The average Bonchev–Trinajstić information content (AvgIpc) is 2.38. The summed E-state index contributed by atoms with van der Waals surface area (Å²) in [6.07, 6.45) is 0. The van der Waals surface area contributed by atoms with E-state index in [4.69, 9.17) is 11.6 Å². The topological polar surface area (TPSA) is 12.0 Å². The number of nitrogens with one attached hydrogen (secondary N) is 1. The predicted octanol–water partition coefficient (Wildman–Crippen LogP) is 4.94. The quantitative estimate of drug-likeness (QED) is 0.830. The Morgan fingerprint density at radius 2 is 1.89 bits per heavy atom. The lowest BCUT2D eigenvalue weighted by Gasteiger charge is -2.19. The SMILES string of the molecule is CCNC(c1ccc(Br)cc1)c1ccc(Cl)cc1F. The van der Waals surface area contributed by atoms with Crippen LogP contribution in [0.2, 0.25) is 5.02 Å². The van der Waals surface area contributed by atoms with Gasteiger partial charge in [0.15, 0.2) is 0 Å². The molecule has 0 aliphatic rings. The molecule has 0 aliphatic heterocycles. The summed E-state index contributed by atoms with van der Waals surface area (Å²) >= 11 is 9.20. The van der Waals surface area contributed by atoms with Crippen molar-refractivity contribution in [3.8, 4) is 0 Å². The molecule has 0 saturated carbocycles. The van der Waals surface area contributed by atoms with Crippen molar-refractivity contribution in [3.63, 3.8) is 0 Å². The number of hydrogen-bond donors (Lipinski definition) is 1. The average molecular weight is 343 g/mol. The molecule has 100 valence electrons. The second kappa shape index (κ2) is 6.51. The molecule has 0 radical (unpaired) electrons. The Bertz CT molecular complexity index is 557. The van der Waals surface area contributed by atoms with Gasteiger partial charge in [0.1, 0.15) is 5.82 Å². The van der Waals surface area contributed by atoms with Crippen molar-refractivity contribution in [2.24, 2.45) is 0 Å². The van der Waals surface area contributed by atoms with Gasteiger partial charge in [-0.1, -0.05) is 52.7 Å². The van der Waals surface area contributed by atoms with E-state index in [0.717, 1.165) is 16.6 Å². The summed E-state index contributed by atoms with van der Waals surface area (Å²) in [7, 11) is 0. The van der Waals surface area contributed by atoms with Gasteiger partial charge in [-0.15, -0.1) is 0 Å². The molecule has 0 spiro atoms. The number of benzene rings is 2. The Balaban J connectivity index is 2.41. The molecule has 2 aromatic carbocycles. The highest BCUT2D eigenvalue weighted by Gasteiger charge is 2.17. The standard InChI is InChI=1S/C15H14BrClFN/c1-2-19-15(10-3-5-11(16)6-4-10)13-8-7-12(17)9-14(13)18/h3-9,15,19H,2H2,1H3. The van der Waals surface area contributed by atoms with Gasteiger partial charge < -0.3 is 5.32 Å². The highest BCUT2D eigenvalue weighted by molar-refractivity contribution is 9.10. The van der Waals surface area contributed by atoms with E-state index >= 15 is 0 Å². The second-order valence-corrected chi connectivity index (χ2v) is 5.56. The van der Waals surface area contributed by atoms with Crippen molar-refractivity contribution in [1.82, 2.24) is 5.32 Å². The van der Waals surface area contributed by atoms with Crippen molar-refractivity contribution in [1.29, 1.82) is 0 Å². The smallest absolute Gasteiger partial charge is 0.129 e. The van der Waals surface area contributed by atoms with Gasteiger partial charge in [0.25, 0.3) is 0 Å². The summed E-state index contributed by atoms with van der Waals surface area (Å²) < 4.78 is 15.1. The van der Waals surface area contributed by atoms with Crippen LogP contribution in [0, 0.1) is 5.82 Å². The minimum atomic E-state index is -0.290. The van der Waals surface area contributed by atoms with Gasteiger partial charge in [0.2, 0.25) is 0 Å². The van der Waals surface area contributed by atoms with Crippen molar-refractivity contribution >= 4 is 27.5 Å². The first-order valence-electron chi connectivity index (χ1n) is 6.05. The van der Waals surface area contributed by atoms with Crippen molar-refractivity contribution in [2.75, 3.05) is 6.54 Å². The zero-order valence-electron chi connectivity index (χ0n) is 10.5. The summed E-state index contributed by atoms with van der Waals surface area (Å²) in [5, 5.41) is 3.71. The molecule has 0 bridgehead atoms. The van der Waals surface area contributed by atoms with E-state index in [0.29, 0.717) is 10.6 Å². The molecule has 1 atom stereocenters. The minimum Gasteiger partial charge on any atom is -0.306 e. The lowest BCUT2D eigenvalue weighted by Crippen LogP contribution is -2.22. The molecule has 0 amide bonds. The van der Waals surface area contributed by atoms with Gasteiger partial charge in [0.05, 0.1) is 6.04 Å². The maximum absolute atomic E-state index is 14.1. The lowest BCUT2D eigenvalue weighted by molar-refractivity contribution is 0.559. The normalized spacial score (nSPS) is 12.4. The zero-order chi connectivity index (χ0) is 13.8. The predicted molar refractivity (Wildman–Crippen MR) is 81.1 cm³/mol. The molecular formula is C15H14BrClFN. The molecule has 2 rings (SSSR count). The third-order valence-electron chi connectivity index (χ3n) is 2.89. The Hall–Kier alpha value is -0.900. The first-order chi connectivity index (χ1) is 9.11. The van der Waals surface area contributed by atoms with Gasteiger partial charge in [-0.3, -0.25) is 0 Å². The van der Waals surface area contributed by atoms with Gasteiger partial charge >= 0.3 is 0 Å². The van der Waals surface area contributed by atoms with Crippen molar-refractivity contribution in [3.05, 3.63) is 68.9 Å². The molecule has 0 fully saturated rings. The van der Waals surface area contributed by atoms with E-state index in [1.165, 1.54) is 6.07 Å². The van der Waals surface area contributed by atoms with E-state index in [1.807, 2.05) is 31.2 Å². The Morgan fingerprint density at radius 3 is 2.47 bits per heavy atom. The summed E-state index contributed by atoms with van der Waals surface area (Å²) in [6, 6.07) is 12.5. The molecule has 1 nitrogen and oxygen atoms in total. The number of rotatable bonds is 4. The van der Waals surface area contributed by atoms with Crippen LogP contribution < -0.4 is 5.32 Å². The van der Waals surface area contributed by atoms with Gasteiger partial charge in [0, 0.05) is 15.1 Å². The third kappa shape index (κ3) is 3.56. The highest BCUT2D eigenvalue weighted by Crippen LogP contribution is 2.27. The largest absolute Gasteiger partial charge is 0.306 e. The van der Waals surface area contributed by atoms with Gasteiger partial charge in [-0.05, 0) is 36.4 Å². The van der Waals surface area contributed by atoms with Crippen molar-refractivity contribution < 1.29 is 4.39 Å². The first-order valence-corrected chi connectivity index (χ1v) is 7.22. The lowest BCUT2D eigenvalue weighted by atomic mass is 9.98. The second-order valence-electron chi connectivity index (χ2n) is 4.21. The highest BCUT2D eigenvalue weighted by atomic mass is 79.9. The molecule has 0 aromatic heterocycles. The maximum atomic E-state index is 14.1. The number of halogens is 3. The van der Waals surface area contributed by atoms with Crippen LogP contribution in [0.3, 0.4) is 0 Å². The van der Waals surface area contributed by atoms with Crippen LogP contribution in [-0.4, -0.2) is 6.54 Å². The molecule has 0 heterocycles. The number of hydrogen-bond acceptors (Lipinski definition) is 1. The zero-order valence-corrected chi connectivity index (χ0v) is 12.8. The summed E-state index contributed by atoms with van der Waals surface area (Å²) in [5.41, 5.74) is 1.62. The Morgan fingerprint density at radius 1 is 1.21 bits per heavy atom. The Labute approximate surface area is 125 Å². The third-order valence-corrected chi connectivity index (χ3v) is 3.65. The molecule has 2 aromatic rings. The van der Waals surface area contributed by atoms with Crippen LogP contribution in [0.25, 0.3) is 0 Å².